The van der Waals surface area contributed by atoms with Crippen molar-refractivity contribution in [2.75, 3.05) is 0 Å². The molecule has 0 unspecified atom stereocenters. The Labute approximate surface area is 76.8 Å². The van der Waals surface area contributed by atoms with Crippen LogP contribution in [0.1, 0.15) is 12.5 Å². The van der Waals surface area contributed by atoms with E-state index in [4.69, 9.17) is 4.42 Å². The Morgan fingerprint density at radius 3 is 3.00 bits per heavy atom. The molecule has 2 rings (SSSR count). The Morgan fingerprint density at radius 1 is 1.42 bits per heavy atom. The number of fused-ring (bicyclic) bond motifs is 1. The summed E-state index contributed by atoms with van der Waals surface area (Å²) in [5, 5.41) is 1.11. The second kappa shape index (κ2) is 2.87. The molecule has 1 aromatic carbocycles. The van der Waals surface area contributed by atoms with Crippen LogP contribution in [0.25, 0.3) is 11.0 Å². The zero-order valence-corrected chi connectivity index (χ0v) is 7.77. The van der Waals surface area contributed by atoms with E-state index in [2.05, 4.69) is 31.7 Å². The third-order valence-corrected chi connectivity index (χ3v) is 2.37. The summed E-state index contributed by atoms with van der Waals surface area (Å²) in [6, 6.07) is 6.20. The smallest absolute Gasteiger partial charge is 0.135 e. The summed E-state index contributed by atoms with van der Waals surface area (Å²) in [5.41, 5.74) is 2.23. The molecule has 0 aliphatic heterocycles. The molecule has 0 aliphatic rings. The van der Waals surface area contributed by atoms with Gasteiger partial charge in [0, 0.05) is 5.39 Å². The van der Waals surface area contributed by atoms with Gasteiger partial charge in [0.1, 0.15) is 11.8 Å². The number of thiol groups is 1. The largest absolute Gasteiger partial charge is 0.463 e. The van der Waals surface area contributed by atoms with Gasteiger partial charge >= 0.3 is 0 Å². The van der Waals surface area contributed by atoms with Crippen LogP contribution in [0, 0.1) is 0 Å². The van der Waals surface area contributed by atoms with Gasteiger partial charge in [-0.15, -0.1) is 12.6 Å². The molecule has 0 saturated carbocycles. The van der Waals surface area contributed by atoms with Crippen molar-refractivity contribution in [3.8, 4) is 0 Å². The first-order valence-corrected chi connectivity index (χ1v) is 4.45. The molecule has 0 aliphatic carbocycles. The van der Waals surface area contributed by atoms with Gasteiger partial charge in [-0.25, -0.2) is 0 Å². The first-order chi connectivity index (χ1) is 5.81. The van der Waals surface area contributed by atoms with Crippen LogP contribution >= 0.6 is 12.6 Å². The fraction of sp³-hybridized carbons (Fsp3) is 0.200. The van der Waals surface area contributed by atoms with Crippen molar-refractivity contribution in [1.29, 1.82) is 0 Å². The minimum Gasteiger partial charge on any atom is -0.463 e. The monoisotopic (exact) mass is 178 g/mol. The number of aryl methyl sites for hydroxylation is 1. The first-order valence-electron chi connectivity index (χ1n) is 4.00. The maximum atomic E-state index is 5.27. The molecular weight excluding hydrogens is 168 g/mol. The SMILES string of the molecule is CCc1ccc2occ(S)c2c1. The third-order valence-electron chi connectivity index (χ3n) is 2.03. The third kappa shape index (κ3) is 1.12. The predicted octanol–water partition coefficient (Wildman–Crippen LogP) is 3.28. The van der Waals surface area contributed by atoms with E-state index < -0.39 is 0 Å². The lowest BCUT2D eigenvalue weighted by molar-refractivity contribution is 0.608. The Balaban J connectivity index is 2.71. The number of furan rings is 1. The van der Waals surface area contributed by atoms with E-state index in [1.165, 1.54) is 5.56 Å². The van der Waals surface area contributed by atoms with Crippen molar-refractivity contribution in [3.63, 3.8) is 0 Å². The topological polar surface area (TPSA) is 13.1 Å². The van der Waals surface area contributed by atoms with E-state index in [1.807, 2.05) is 6.07 Å². The van der Waals surface area contributed by atoms with Crippen LogP contribution in [-0.2, 0) is 6.42 Å². The molecule has 0 spiro atoms. The molecule has 2 heteroatoms. The summed E-state index contributed by atoms with van der Waals surface area (Å²) in [7, 11) is 0. The second-order valence-electron chi connectivity index (χ2n) is 2.81. The van der Waals surface area contributed by atoms with Gasteiger partial charge in [-0.3, -0.25) is 0 Å². The van der Waals surface area contributed by atoms with Gasteiger partial charge in [0.05, 0.1) is 4.90 Å². The summed E-state index contributed by atoms with van der Waals surface area (Å²) < 4.78 is 5.27. The molecule has 1 nitrogen and oxygen atoms in total. The molecule has 0 fully saturated rings. The summed E-state index contributed by atoms with van der Waals surface area (Å²) in [6.45, 7) is 2.14. The van der Waals surface area contributed by atoms with Gasteiger partial charge in [0.2, 0.25) is 0 Å². The zero-order chi connectivity index (χ0) is 8.55. The van der Waals surface area contributed by atoms with Gasteiger partial charge < -0.3 is 4.42 Å². The van der Waals surface area contributed by atoms with Gasteiger partial charge in [0.25, 0.3) is 0 Å². The maximum Gasteiger partial charge on any atom is 0.135 e. The van der Waals surface area contributed by atoms with E-state index in [-0.39, 0.29) is 0 Å². The average Bonchev–Trinajstić information content (AvgIpc) is 2.47. The molecule has 0 N–H and O–H groups in total. The first kappa shape index (κ1) is 7.74. The Hall–Kier alpha value is -0.890. The van der Waals surface area contributed by atoms with Crippen molar-refractivity contribution in [3.05, 3.63) is 30.0 Å². The number of hydrogen-bond donors (Lipinski definition) is 1. The second-order valence-corrected chi connectivity index (χ2v) is 3.29. The molecule has 2 aromatic rings. The lowest BCUT2D eigenvalue weighted by Gasteiger charge is -1.95. The quantitative estimate of drug-likeness (QED) is 0.661. The van der Waals surface area contributed by atoms with Crippen LogP contribution in [0.5, 0.6) is 0 Å². The molecule has 0 saturated heterocycles. The number of rotatable bonds is 1. The van der Waals surface area contributed by atoms with E-state index in [1.54, 1.807) is 6.26 Å². The van der Waals surface area contributed by atoms with Crippen molar-refractivity contribution in [2.45, 2.75) is 18.2 Å². The van der Waals surface area contributed by atoms with Gasteiger partial charge in [0.15, 0.2) is 0 Å². The van der Waals surface area contributed by atoms with E-state index in [0.717, 1.165) is 22.3 Å². The van der Waals surface area contributed by atoms with Crippen LogP contribution in [0.4, 0.5) is 0 Å². The normalized spacial score (nSPS) is 10.8. The Bertz CT molecular complexity index is 403. The van der Waals surface area contributed by atoms with Crippen LogP contribution in [-0.4, -0.2) is 0 Å². The van der Waals surface area contributed by atoms with Crippen LogP contribution in [0.3, 0.4) is 0 Å². The highest BCUT2D eigenvalue weighted by Crippen LogP contribution is 2.24. The minimum absolute atomic E-state index is 0.914. The van der Waals surface area contributed by atoms with E-state index in [9.17, 15) is 0 Å². The standard InChI is InChI=1S/C10H10OS/c1-2-7-3-4-9-8(5-7)10(12)6-11-9/h3-6,12H,2H2,1H3. The lowest BCUT2D eigenvalue weighted by Crippen LogP contribution is -1.77. The lowest BCUT2D eigenvalue weighted by atomic mass is 10.1. The number of hydrogen-bond acceptors (Lipinski definition) is 2. The van der Waals surface area contributed by atoms with E-state index in [0.29, 0.717) is 0 Å². The highest BCUT2D eigenvalue weighted by Gasteiger charge is 2.01. The molecular formula is C10H10OS. The molecule has 62 valence electrons. The van der Waals surface area contributed by atoms with Gasteiger partial charge in [-0.05, 0) is 24.1 Å². The fourth-order valence-electron chi connectivity index (χ4n) is 1.28. The fourth-order valence-corrected chi connectivity index (χ4v) is 1.51. The molecule has 0 atom stereocenters. The average molecular weight is 178 g/mol. The minimum atomic E-state index is 0.914. The Kier molecular flexibility index (Phi) is 1.85. The van der Waals surface area contributed by atoms with Crippen molar-refractivity contribution in [2.24, 2.45) is 0 Å². The number of benzene rings is 1. The van der Waals surface area contributed by atoms with E-state index >= 15 is 0 Å². The molecule has 0 bridgehead atoms. The maximum absolute atomic E-state index is 5.27. The predicted molar refractivity (Wildman–Crippen MR) is 52.8 cm³/mol. The summed E-state index contributed by atoms with van der Waals surface area (Å²) in [4.78, 5) is 0.917. The molecule has 0 radical (unpaired) electrons. The molecule has 1 aromatic heterocycles. The van der Waals surface area contributed by atoms with Crippen LogP contribution in [0.2, 0.25) is 0 Å². The molecule has 12 heavy (non-hydrogen) atoms. The highest BCUT2D eigenvalue weighted by atomic mass is 32.1. The Morgan fingerprint density at radius 2 is 2.25 bits per heavy atom. The van der Waals surface area contributed by atoms with Crippen molar-refractivity contribution >= 4 is 23.6 Å². The summed E-state index contributed by atoms with van der Waals surface area (Å²) >= 11 is 4.29. The van der Waals surface area contributed by atoms with Crippen LogP contribution in [0.15, 0.2) is 33.8 Å². The molecule has 0 amide bonds. The highest BCUT2D eigenvalue weighted by molar-refractivity contribution is 7.80. The van der Waals surface area contributed by atoms with Crippen LogP contribution < -0.4 is 0 Å². The van der Waals surface area contributed by atoms with Crippen molar-refractivity contribution < 1.29 is 4.42 Å². The zero-order valence-electron chi connectivity index (χ0n) is 6.87. The van der Waals surface area contributed by atoms with Gasteiger partial charge in [-0.2, -0.15) is 0 Å². The summed E-state index contributed by atoms with van der Waals surface area (Å²) in [6.07, 6.45) is 2.72. The van der Waals surface area contributed by atoms with Gasteiger partial charge in [-0.1, -0.05) is 13.0 Å². The molecule has 1 heterocycles. The summed E-state index contributed by atoms with van der Waals surface area (Å²) in [5.74, 6) is 0. The van der Waals surface area contributed by atoms with Crippen molar-refractivity contribution in [1.82, 2.24) is 0 Å².